The van der Waals surface area contributed by atoms with Crippen molar-refractivity contribution in [2.45, 2.75) is 50.5 Å². The number of fused-ring (bicyclic) bond motifs is 1. The zero-order valence-corrected chi connectivity index (χ0v) is 11.0. The molecule has 19 heavy (non-hydrogen) atoms. The summed E-state index contributed by atoms with van der Waals surface area (Å²) in [5.41, 5.74) is -0.857. The molecule has 2 fully saturated rings. The number of allylic oxidation sites excluding steroid dienone is 2. The van der Waals surface area contributed by atoms with Crippen molar-refractivity contribution in [3.05, 3.63) is 12.2 Å². The lowest BCUT2D eigenvalue weighted by Gasteiger charge is -2.37. The predicted octanol–water partition coefficient (Wildman–Crippen LogP) is 2.16. The fraction of sp³-hybridized carbons (Fsp3) is 0.667. The third kappa shape index (κ3) is 1.72. The highest BCUT2D eigenvalue weighted by Gasteiger charge is 2.55. The minimum absolute atomic E-state index is 0.109. The number of carbonyl (C=O) groups excluding carboxylic acids is 2. The highest BCUT2D eigenvalue weighted by Crippen LogP contribution is 2.43. The van der Waals surface area contributed by atoms with Crippen molar-refractivity contribution >= 4 is 11.8 Å². The Morgan fingerprint density at radius 3 is 2.05 bits per heavy atom. The lowest BCUT2D eigenvalue weighted by molar-refractivity contribution is -0.146. The van der Waals surface area contributed by atoms with Gasteiger partial charge in [-0.05, 0) is 25.7 Å². The van der Waals surface area contributed by atoms with Crippen molar-refractivity contribution in [3.63, 3.8) is 0 Å². The van der Waals surface area contributed by atoms with E-state index in [2.05, 4.69) is 6.07 Å². The molecule has 0 bridgehead atoms. The van der Waals surface area contributed by atoms with Gasteiger partial charge < -0.3 is 0 Å². The van der Waals surface area contributed by atoms with Gasteiger partial charge in [0.05, 0.1) is 17.9 Å². The Labute approximate surface area is 113 Å². The molecule has 0 aromatic heterocycles. The number of amides is 2. The topological polar surface area (TPSA) is 61.2 Å². The quantitative estimate of drug-likeness (QED) is 0.535. The third-order valence-electron chi connectivity index (χ3n) is 4.82. The Bertz CT molecular complexity index is 457. The molecule has 2 amide bonds. The number of rotatable bonds is 1. The van der Waals surface area contributed by atoms with Crippen LogP contribution >= 0.6 is 0 Å². The second-order valence-corrected chi connectivity index (χ2v) is 5.87. The zero-order chi connectivity index (χ0) is 13.5. The molecule has 100 valence electrons. The van der Waals surface area contributed by atoms with Gasteiger partial charge in [0.2, 0.25) is 11.8 Å². The highest BCUT2D eigenvalue weighted by molar-refractivity contribution is 6.06. The second kappa shape index (κ2) is 4.48. The van der Waals surface area contributed by atoms with E-state index in [1.165, 1.54) is 4.90 Å². The van der Waals surface area contributed by atoms with Crippen LogP contribution in [0.3, 0.4) is 0 Å². The van der Waals surface area contributed by atoms with Crippen molar-refractivity contribution < 1.29 is 9.59 Å². The van der Waals surface area contributed by atoms with E-state index in [-0.39, 0.29) is 23.7 Å². The van der Waals surface area contributed by atoms with Crippen molar-refractivity contribution in [3.8, 4) is 6.07 Å². The van der Waals surface area contributed by atoms with Crippen LogP contribution in [-0.4, -0.2) is 22.3 Å². The van der Waals surface area contributed by atoms with Crippen LogP contribution in [-0.2, 0) is 9.59 Å². The van der Waals surface area contributed by atoms with Crippen molar-refractivity contribution in [1.29, 1.82) is 5.26 Å². The lowest BCUT2D eigenvalue weighted by atomic mass is 9.81. The molecule has 2 aliphatic carbocycles. The Kier molecular flexibility index (Phi) is 2.93. The molecular weight excluding hydrogens is 240 g/mol. The molecule has 4 heteroatoms. The number of nitrogens with zero attached hydrogens (tertiary/aromatic N) is 2. The van der Waals surface area contributed by atoms with E-state index < -0.39 is 5.54 Å². The fourth-order valence-corrected chi connectivity index (χ4v) is 3.74. The molecule has 0 aromatic rings. The molecule has 0 spiro atoms. The molecule has 0 N–H and O–H groups in total. The van der Waals surface area contributed by atoms with Crippen LogP contribution in [0.5, 0.6) is 0 Å². The molecule has 2 unspecified atom stereocenters. The first-order chi connectivity index (χ1) is 9.19. The Morgan fingerprint density at radius 2 is 1.58 bits per heavy atom. The second-order valence-electron chi connectivity index (χ2n) is 5.87. The average molecular weight is 258 g/mol. The third-order valence-corrected chi connectivity index (χ3v) is 4.82. The summed E-state index contributed by atoms with van der Waals surface area (Å²) in [5, 5.41) is 9.56. The molecule has 3 rings (SSSR count). The summed E-state index contributed by atoms with van der Waals surface area (Å²) in [6.45, 7) is 0. The predicted molar refractivity (Wildman–Crippen MR) is 68.6 cm³/mol. The van der Waals surface area contributed by atoms with E-state index in [4.69, 9.17) is 0 Å². The van der Waals surface area contributed by atoms with E-state index in [1.807, 2.05) is 12.2 Å². The van der Waals surface area contributed by atoms with E-state index in [0.717, 1.165) is 19.3 Å². The average Bonchev–Trinajstić information content (AvgIpc) is 2.73. The van der Waals surface area contributed by atoms with Gasteiger partial charge >= 0.3 is 0 Å². The maximum Gasteiger partial charge on any atom is 0.234 e. The van der Waals surface area contributed by atoms with Gasteiger partial charge in [0, 0.05) is 0 Å². The van der Waals surface area contributed by atoms with Gasteiger partial charge in [-0.2, -0.15) is 5.26 Å². The van der Waals surface area contributed by atoms with Crippen LogP contribution in [0.25, 0.3) is 0 Å². The monoisotopic (exact) mass is 258 g/mol. The first-order valence-corrected chi connectivity index (χ1v) is 7.14. The number of hydrogen-bond donors (Lipinski definition) is 0. The SMILES string of the molecule is N#CC1(N2C(=O)C3CC=CCC3C2=O)CCCCC1. The summed E-state index contributed by atoms with van der Waals surface area (Å²) in [6.07, 6.45) is 9.50. The zero-order valence-electron chi connectivity index (χ0n) is 11.0. The van der Waals surface area contributed by atoms with Crippen molar-refractivity contribution in [2.75, 3.05) is 0 Å². The van der Waals surface area contributed by atoms with Crippen molar-refractivity contribution in [2.24, 2.45) is 11.8 Å². The number of nitriles is 1. The molecule has 0 radical (unpaired) electrons. The minimum Gasteiger partial charge on any atom is -0.274 e. The summed E-state index contributed by atoms with van der Waals surface area (Å²) in [5.74, 6) is -0.653. The molecule has 4 nitrogen and oxygen atoms in total. The van der Waals surface area contributed by atoms with Crippen LogP contribution in [0.15, 0.2) is 12.2 Å². The van der Waals surface area contributed by atoms with Crippen LogP contribution in [0.2, 0.25) is 0 Å². The molecule has 1 saturated heterocycles. The van der Waals surface area contributed by atoms with Gasteiger partial charge in [-0.1, -0.05) is 31.4 Å². The number of hydrogen-bond acceptors (Lipinski definition) is 3. The van der Waals surface area contributed by atoms with E-state index in [1.54, 1.807) is 0 Å². The number of carbonyl (C=O) groups is 2. The molecule has 3 aliphatic rings. The molecular formula is C15H18N2O2. The van der Waals surface area contributed by atoms with Gasteiger partial charge in [-0.25, -0.2) is 0 Å². The summed E-state index contributed by atoms with van der Waals surface area (Å²) in [4.78, 5) is 26.4. The lowest BCUT2D eigenvalue weighted by Crippen LogP contribution is -2.52. The highest BCUT2D eigenvalue weighted by atomic mass is 16.2. The number of imide groups is 1. The van der Waals surface area contributed by atoms with Gasteiger partial charge in [-0.15, -0.1) is 0 Å². The minimum atomic E-state index is -0.857. The Morgan fingerprint density at radius 1 is 1.05 bits per heavy atom. The van der Waals surface area contributed by atoms with E-state index in [9.17, 15) is 14.9 Å². The summed E-state index contributed by atoms with van der Waals surface area (Å²) in [6, 6.07) is 2.29. The van der Waals surface area contributed by atoms with Gasteiger partial charge in [0.1, 0.15) is 5.54 Å². The Hall–Kier alpha value is -1.63. The van der Waals surface area contributed by atoms with E-state index >= 15 is 0 Å². The van der Waals surface area contributed by atoms with Crippen LogP contribution in [0, 0.1) is 23.2 Å². The fourth-order valence-electron chi connectivity index (χ4n) is 3.74. The maximum absolute atomic E-state index is 12.5. The van der Waals surface area contributed by atoms with Crippen molar-refractivity contribution in [1.82, 2.24) is 4.90 Å². The summed E-state index contributed by atoms with van der Waals surface area (Å²) >= 11 is 0. The molecule has 1 heterocycles. The molecule has 1 aliphatic heterocycles. The number of likely N-dealkylation sites (tertiary alicyclic amines) is 1. The van der Waals surface area contributed by atoms with Crippen LogP contribution < -0.4 is 0 Å². The normalized spacial score (nSPS) is 33.1. The first kappa shape index (κ1) is 12.4. The first-order valence-electron chi connectivity index (χ1n) is 7.14. The van der Waals surface area contributed by atoms with Crippen LogP contribution in [0.1, 0.15) is 44.9 Å². The van der Waals surface area contributed by atoms with E-state index in [0.29, 0.717) is 25.7 Å². The Balaban J connectivity index is 1.94. The largest absolute Gasteiger partial charge is 0.274 e. The molecule has 2 atom stereocenters. The summed E-state index contributed by atoms with van der Waals surface area (Å²) < 4.78 is 0. The maximum atomic E-state index is 12.5. The standard InChI is InChI=1S/C15H18N2O2/c16-10-15(8-4-1-5-9-15)17-13(18)11-6-2-3-7-12(11)14(17)19/h2-3,11-12H,1,4-9H2. The van der Waals surface area contributed by atoms with Gasteiger partial charge in [0.25, 0.3) is 0 Å². The smallest absolute Gasteiger partial charge is 0.234 e. The molecule has 1 saturated carbocycles. The molecule has 0 aromatic carbocycles. The van der Waals surface area contributed by atoms with Gasteiger partial charge in [0.15, 0.2) is 0 Å². The summed E-state index contributed by atoms with van der Waals surface area (Å²) in [7, 11) is 0. The van der Waals surface area contributed by atoms with Gasteiger partial charge in [-0.3, -0.25) is 14.5 Å². The van der Waals surface area contributed by atoms with Crippen LogP contribution in [0.4, 0.5) is 0 Å².